The molecule has 0 radical (unpaired) electrons. The van der Waals surface area contributed by atoms with Gasteiger partial charge in [-0.3, -0.25) is 0 Å². The number of nitrogens with zero attached hydrogens (tertiary/aromatic N) is 2. The van der Waals surface area contributed by atoms with Crippen molar-refractivity contribution in [2.24, 2.45) is 0 Å². The van der Waals surface area contributed by atoms with Crippen LogP contribution in [0.2, 0.25) is 0 Å². The van der Waals surface area contributed by atoms with Crippen molar-refractivity contribution in [2.75, 3.05) is 0 Å². The normalized spacial score (nSPS) is 10.7. The van der Waals surface area contributed by atoms with E-state index < -0.39 is 0 Å². The van der Waals surface area contributed by atoms with Gasteiger partial charge in [0.05, 0.1) is 5.69 Å². The van der Waals surface area contributed by atoms with Crippen LogP contribution in [0.4, 0.5) is 0 Å². The molecule has 0 bridgehead atoms. The minimum absolute atomic E-state index is 0.294. The molecular formula is C17H17N3O. The Hall–Kier alpha value is -2.59. The van der Waals surface area contributed by atoms with Gasteiger partial charge in [-0.15, -0.1) is 0 Å². The summed E-state index contributed by atoms with van der Waals surface area (Å²) in [6.07, 6.45) is 3.72. The average Bonchev–Trinajstić information content (AvgIpc) is 3.04. The molecule has 4 heteroatoms. The van der Waals surface area contributed by atoms with Gasteiger partial charge in [-0.25, -0.2) is 4.68 Å². The van der Waals surface area contributed by atoms with E-state index in [-0.39, 0.29) is 0 Å². The quantitative estimate of drug-likeness (QED) is 0.755. The van der Waals surface area contributed by atoms with Crippen molar-refractivity contribution in [1.29, 1.82) is 0 Å². The Kier molecular flexibility index (Phi) is 3.98. The van der Waals surface area contributed by atoms with Crippen LogP contribution < -0.4 is 5.32 Å². The molecule has 4 nitrogen and oxygen atoms in total. The van der Waals surface area contributed by atoms with E-state index in [2.05, 4.69) is 22.5 Å². The largest absolute Gasteiger partial charge is 0.508 e. The predicted octanol–water partition coefficient (Wildman–Crippen LogP) is 2.87. The van der Waals surface area contributed by atoms with Crippen LogP contribution in [0.25, 0.3) is 5.69 Å². The number of benzene rings is 2. The van der Waals surface area contributed by atoms with Crippen molar-refractivity contribution in [3.63, 3.8) is 0 Å². The number of aromatic nitrogens is 2. The summed E-state index contributed by atoms with van der Waals surface area (Å²) in [7, 11) is 0. The molecule has 0 aliphatic rings. The molecule has 0 atom stereocenters. The highest BCUT2D eigenvalue weighted by molar-refractivity contribution is 5.40. The van der Waals surface area contributed by atoms with Crippen LogP contribution in [0.15, 0.2) is 67.0 Å². The summed E-state index contributed by atoms with van der Waals surface area (Å²) in [6.45, 7) is 1.52. The Morgan fingerprint density at radius 3 is 2.52 bits per heavy atom. The minimum Gasteiger partial charge on any atom is -0.508 e. The summed E-state index contributed by atoms with van der Waals surface area (Å²) in [5.41, 5.74) is 3.42. The number of rotatable bonds is 5. The van der Waals surface area contributed by atoms with Crippen molar-refractivity contribution < 1.29 is 5.11 Å². The molecule has 0 aliphatic heterocycles. The first kappa shape index (κ1) is 13.4. The van der Waals surface area contributed by atoms with Gasteiger partial charge < -0.3 is 10.4 Å². The molecule has 21 heavy (non-hydrogen) atoms. The van der Waals surface area contributed by atoms with Crippen LogP contribution in [0.1, 0.15) is 11.1 Å². The summed E-state index contributed by atoms with van der Waals surface area (Å²) < 4.78 is 1.87. The molecule has 0 saturated heterocycles. The zero-order chi connectivity index (χ0) is 14.5. The fraction of sp³-hybridized carbons (Fsp3) is 0.118. The van der Waals surface area contributed by atoms with Gasteiger partial charge in [-0.05, 0) is 35.4 Å². The predicted molar refractivity (Wildman–Crippen MR) is 82.2 cm³/mol. The second kappa shape index (κ2) is 6.24. The molecule has 2 aromatic carbocycles. The summed E-state index contributed by atoms with van der Waals surface area (Å²) in [4.78, 5) is 0. The monoisotopic (exact) mass is 279 g/mol. The number of hydrogen-bond donors (Lipinski definition) is 2. The van der Waals surface area contributed by atoms with Gasteiger partial charge in [0.2, 0.25) is 0 Å². The number of phenolic OH excluding ortho intramolecular Hbond substituents is 1. The maximum atomic E-state index is 9.27. The molecular weight excluding hydrogens is 262 g/mol. The molecule has 0 unspecified atom stereocenters. The molecule has 0 saturated carbocycles. The van der Waals surface area contributed by atoms with Crippen molar-refractivity contribution in [1.82, 2.24) is 15.1 Å². The van der Waals surface area contributed by atoms with E-state index in [1.165, 1.54) is 5.56 Å². The van der Waals surface area contributed by atoms with Gasteiger partial charge in [0.25, 0.3) is 0 Å². The molecule has 0 spiro atoms. The van der Waals surface area contributed by atoms with E-state index in [0.29, 0.717) is 5.75 Å². The number of aromatic hydroxyl groups is 1. The summed E-state index contributed by atoms with van der Waals surface area (Å²) in [5, 5.41) is 17.0. The zero-order valence-corrected chi connectivity index (χ0v) is 11.6. The Bertz CT molecular complexity index is 690. The van der Waals surface area contributed by atoms with Gasteiger partial charge in [0, 0.05) is 25.5 Å². The van der Waals surface area contributed by atoms with Crippen LogP contribution in [-0.2, 0) is 13.1 Å². The van der Waals surface area contributed by atoms with Crippen molar-refractivity contribution in [3.05, 3.63) is 78.1 Å². The third-order valence-electron chi connectivity index (χ3n) is 3.32. The zero-order valence-electron chi connectivity index (χ0n) is 11.6. The highest BCUT2D eigenvalue weighted by Gasteiger charge is 2.03. The Balaban J connectivity index is 1.67. The topological polar surface area (TPSA) is 50.1 Å². The maximum Gasteiger partial charge on any atom is 0.115 e. The molecule has 3 aromatic rings. The van der Waals surface area contributed by atoms with Gasteiger partial charge in [-0.2, -0.15) is 5.10 Å². The molecule has 0 amide bonds. The maximum absolute atomic E-state index is 9.27. The molecule has 3 rings (SSSR count). The standard InChI is InChI=1S/C17H17N3O/c21-16-8-6-14(7-9-16)12-18-13-15-4-1-2-5-17(15)20-11-3-10-19-20/h1-11,18,21H,12-13H2. The Morgan fingerprint density at radius 1 is 0.952 bits per heavy atom. The average molecular weight is 279 g/mol. The first-order valence-electron chi connectivity index (χ1n) is 6.89. The molecule has 1 heterocycles. The van der Waals surface area contributed by atoms with Gasteiger partial charge in [0.1, 0.15) is 5.75 Å². The number of nitrogens with one attached hydrogen (secondary N) is 1. The lowest BCUT2D eigenvalue weighted by atomic mass is 10.1. The van der Waals surface area contributed by atoms with E-state index in [1.807, 2.05) is 41.2 Å². The molecule has 106 valence electrons. The molecule has 0 aliphatic carbocycles. The summed E-state index contributed by atoms with van der Waals surface area (Å²) in [6, 6.07) is 17.4. The van der Waals surface area contributed by atoms with E-state index >= 15 is 0 Å². The Labute approximate surface area is 123 Å². The highest BCUT2D eigenvalue weighted by atomic mass is 16.3. The second-order valence-electron chi connectivity index (χ2n) is 4.85. The molecule has 1 aromatic heterocycles. The van der Waals surface area contributed by atoms with Crippen LogP contribution in [0, 0.1) is 0 Å². The van der Waals surface area contributed by atoms with Gasteiger partial charge in [0.15, 0.2) is 0 Å². The summed E-state index contributed by atoms with van der Waals surface area (Å²) >= 11 is 0. The first-order chi connectivity index (χ1) is 10.3. The lowest BCUT2D eigenvalue weighted by molar-refractivity contribution is 0.475. The number of para-hydroxylation sites is 1. The van der Waals surface area contributed by atoms with Gasteiger partial charge >= 0.3 is 0 Å². The van der Waals surface area contributed by atoms with E-state index in [4.69, 9.17) is 0 Å². The molecule has 0 fully saturated rings. The van der Waals surface area contributed by atoms with Crippen LogP contribution >= 0.6 is 0 Å². The summed E-state index contributed by atoms with van der Waals surface area (Å²) in [5.74, 6) is 0.294. The first-order valence-corrected chi connectivity index (χ1v) is 6.89. The smallest absolute Gasteiger partial charge is 0.115 e. The number of hydrogen-bond acceptors (Lipinski definition) is 3. The van der Waals surface area contributed by atoms with Crippen molar-refractivity contribution >= 4 is 0 Å². The van der Waals surface area contributed by atoms with Crippen molar-refractivity contribution in [3.8, 4) is 11.4 Å². The van der Waals surface area contributed by atoms with E-state index in [9.17, 15) is 5.11 Å². The highest BCUT2D eigenvalue weighted by Crippen LogP contribution is 2.14. The lowest BCUT2D eigenvalue weighted by Crippen LogP contribution is -2.14. The van der Waals surface area contributed by atoms with Crippen molar-refractivity contribution in [2.45, 2.75) is 13.1 Å². The lowest BCUT2D eigenvalue weighted by Gasteiger charge is -2.10. The van der Waals surface area contributed by atoms with Crippen LogP contribution in [0.3, 0.4) is 0 Å². The fourth-order valence-corrected chi connectivity index (χ4v) is 2.25. The fourth-order valence-electron chi connectivity index (χ4n) is 2.25. The SMILES string of the molecule is Oc1ccc(CNCc2ccccc2-n2cccn2)cc1. The van der Waals surface area contributed by atoms with E-state index in [0.717, 1.165) is 24.3 Å². The van der Waals surface area contributed by atoms with Crippen LogP contribution in [-0.4, -0.2) is 14.9 Å². The van der Waals surface area contributed by atoms with Crippen LogP contribution in [0.5, 0.6) is 5.75 Å². The second-order valence-corrected chi connectivity index (χ2v) is 4.85. The third-order valence-corrected chi connectivity index (χ3v) is 3.32. The van der Waals surface area contributed by atoms with Gasteiger partial charge in [-0.1, -0.05) is 30.3 Å². The number of phenols is 1. The Morgan fingerprint density at radius 2 is 1.76 bits per heavy atom. The third kappa shape index (κ3) is 3.30. The van der Waals surface area contributed by atoms with E-state index in [1.54, 1.807) is 18.3 Å². The molecule has 2 N–H and O–H groups in total. The minimum atomic E-state index is 0.294.